The molecule has 1 N–H and O–H groups in total. The number of carbonyl (C=O) groups is 2. The normalized spacial score (nSPS) is 16.0. The number of aromatic nitrogens is 1. The molecular formula is C16H20N4O2S2. The monoisotopic (exact) mass is 364 g/mol. The summed E-state index contributed by atoms with van der Waals surface area (Å²) in [4.78, 5) is 33.5. The molecule has 8 heteroatoms. The number of rotatable bonds is 5. The van der Waals surface area contributed by atoms with Crippen LogP contribution in [-0.2, 0) is 9.59 Å². The van der Waals surface area contributed by atoms with Gasteiger partial charge < -0.3 is 15.1 Å². The molecule has 3 heterocycles. The summed E-state index contributed by atoms with van der Waals surface area (Å²) < 4.78 is 0. The Hall–Kier alpha value is -1.93. The second-order valence-corrected chi connectivity index (χ2v) is 7.51. The molecule has 0 aromatic carbocycles. The first-order chi connectivity index (χ1) is 11.6. The topological polar surface area (TPSA) is 65.5 Å². The van der Waals surface area contributed by atoms with Crippen LogP contribution in [0.4, 0.5) is 5.13 Å². The van der Waals surface area contributed by atoms with Gasteiger partial charge in [-0.1, -0.05) is 6.07 Å². The van der Waals surface area contributed by atoms with Gasteiger partial charge >= 0.3 is 0 Å². The summed E-state index contributed by atoms with van der Waals surface area (Å²) in [5.74, 6) is -0.0317. The van der Waals surface area contributed by atoms with Crippen LogP contribution in [-0.4, -0.2) is 47.9 Å². The summed E-state index contributed by atoms with van der Waals surface area (Å²) in [6.07, 6.45) is 2.11. The quantitative estimate of drug-likeness (QED) is 0.883. The van der Waals surface area contributed by atoms with Crippen molar-refractivity contribution < 1.29 is 9.59 Å². The molecule has 1 saturated heterocycles. The molecule has 0 aliphatic carbocycles. The van der Waals surface area contributed by atoms with Crippen LogP contribution in [0.5, 0.6) is 0 Å². The van der Waals surface area contributed by atoms with E-state index in [4.69, 9.17) is 0 Å². The van der Waals surface area contributed by atoms with Crippen molar-refractivity contribution in [3.05, 3.63) is 34.0 Å². The fraction of sp³-hybridized carbons (Fsp3) is 0.438. The van der Waals surface area contributed by atoms with Crippen molar-refractivity contribution >= 4 is 39.6 Å². The Morgan fingerprint density at radius 3 is 2.62 bits per heavy atom. The van der Waals surface area contributed by atoms with E-state index < -0.39 is 0 Å². The van der Waals surface area contributed by atoms with Gasteiger partial charge in [-0.3, -0.25) is 9.59 Å². The molecule has 2 aromatic rings. The first-order valence-electron chi connectivity index (χ1n) is 7.86. The SMILES string of the molecule is CC(=O)N[C@@H](CC(=O)N1CCN(c2nccs2)CC1)c1cccs1. The van der Waals surface area contributed by atoms with Crippen LogP contribution in [0.3, 0.4) is 0 Å². The van der Waals surface area contributed by atoms with Crippen molar-refractivity contribution in [3.8, 4) is 0 Å². The number of nitrogens with one attached hydrogen (secondary N) is 1. The molecule has 0 unspecified atom stereocenters. The zero-order valence-electron chi connectivity index (χ0n) is 13.5. The van der Waals surface area contributed by atoms with Crippen molar-refractivity contribution in [2.45, 2.75) is 19.4 Å². The highest BCUT2D eigenvalue weighted by atomic mass is 32.1. The highest BCUT2D eigenvalue weighted by molar-refractivity contribution is 7.13. The number of thiazole rings is 1. The van der Waals surface area contributed by atoms with Crippen LogP contribution < -0.4 is 10.2 Å². The lowest BCUT2D eigenvalue weighted by Crippen LogP contribution is -2.49. The molecule has 6 nitrogen and oxygen atoms in total. The summed E-state index contributed by atoms with van der Waals surface area (Å²) in [6, 6.07) is 3.65. The first-order valence-corrected chi connectivity index (χ1v) is 9.62. The number of carbonyl (C=O) groups excluding carboxylic acids is 2. The molecule has 0 radical (unpaired) electrons. The predicted molar refractivity (Wildman–Crippen MR) is 96.4 cm³/mol. The van der Waals surface area contributed by atoms with Gasteiger partial charge in [0.15, 0.2) is 5.13 Å². The minimum Gasteiger partial charge on any atom is -0.348 e. The van der Waals surface area contributed by atoms with E-state index >= 15 is 0 Å². The van der Waals surface area contributed by atoms with Gasteiger partial charge in [-0.05, 0) is 11.4 Å². The summed E-state index contributed by atoms with van der Waals surface area (Å²) >= 11 is 3.18. The molecule has 0 bridgehead atoms. The molecule has 1 atom stereocenters. The lowest BCUT2D eigenvalue weighted by molar-refractivity contribution is -0.132. The van der Waals surface area contributed by atoms with Crippen molar-refractivity contribution in [2.24, 2.45) is 0 Å². The largest absolute Gasteiger partial charge is 0.348 e. The molecular weight excluding hydrogens is 344 g/mol. The van der Waals surface area contributed by atoms with Gasteiger partial charge in [-0.15, -0.1) is 22.7 Å². The van der Waals surface area contributed by atoms with Gasteiger partial charge in [0.25, 0.3) is 0 Å². The molecule has 3 rings (SSSR count). The maximum absolute atomic E-state index is 12.6. The van der Waals surface area contributed by atoms with Gasteiger partial charge in [-0.2, -0.15) is 0 Å². The summed E-state index contributed by atoms with van der Waals surface area (Å²) in [5, 5.41) is 7.82. The molecule has 1 fully saturated rings. The Morgan fingerprint density at radius 2 is 2.04 bits per heavy atom. The van der Waals surface area contributed by atoms with Crippen LogP contribution in [0.2, 0.25) is 0 Å². The summed E-state index contributed by atoms with van der Waals surface area (Å²) in [5.41, 5.74) is 0. The number of nitrogens with zero attached hydrogens (tertiary/aromatic N) is 3. The Balaban J connectivity index is 1.57. The maximum atomic E-state index is 12.6. The zero-order valence-corrected chi connectivity index (χ0v) is 15.1. The third kappa shape index (κ3) is 4.12. The van der Waals surface area contributed by atoms with Crippen LogP contribution >= 0.6 is 22.7 Å². The maximum Gasteiger partial charge on any atom is 0.225 e. The Bertz CT molecular complexity index is 664. The summed E-state index contributed by atoms with van der Waals surface area (Å²) in [6.45, 7) is 4.45. The van der Waals surface area contributed by atoms with Gasteiger partial charge in [0.2, 0.25) is 11.8 Å². The fourth-order valence-corrected chi connectivity index (χ4v) is 4.26. The lowest BCUT2D eigenvalue weighted by atomic mass is 10.1. The minimum absolute atomic E-state index is 0.0842. The molecule has 0 spiro atoms. The molecule has 1 aliphatic rings. The number of hydrogen-bond acceptors (Lipinski definition) is 6. The average molecular weight is 364 g/mol. The minimum atomic E-state index is -0.244. The second kappa shape index (κ2) is 7.76. The van der Waals surface area contributed by atoms with E-state index in [1.165, 1.54) is 6.92 Å². The van der Waals surface area contributed by atoms with Crippen LogP contribution in [0.15, 0.2) is 29.1 Å². The molecule has 128 valence electrons. The van der Waals surface area contributed by atoms with Gasteiger partial charge in [0, 0.05) is 49.6 Å². The van der Waals surface area contributed by atoms with E-state index in [0.717, 1.165) is 23.1 Å². The fourth-order valence-electron chi connectivity index (χ4n) is 2.78. The summed E-state index contributed by atoms with van der Waals surface area (Å²) in [7, 11) is 0. The van der Waals surface area contributed by atoms with Crippen LogP contribution in [0, 0.1) is 0 Å². The first kappa shape index (κ1) is 16.9. The van der Waals surface area contributed by atoms with Crippen molar-refractivity contribution in [3.63, 3.8) is 0 Å². The Kier molecular flexibility index (Phi) is 5.47. The van der Waals surface area contributed by atoms with E-state index in [1.54, 1.807) is 28.9 Å². The highest BCUT2D eigenvalue weighted by Crippen LogP contribution is 2.24. The van der Waals surface area contributed by atoms with E-state index in [9.17, 15) is 9.59 Å². The lowest BCUT2D eigenvalue weighted by Gasteiger charge is -2.35. The van der Waals surface area contributed by atoms with E-state index in [0.29, 0.717) is 19.5 Å². The molecule has 1 aliphatic heterocycles. The van der Waals surface area contributed by atoms with E-state index in [2.05, 4.69) is 15.2 Å². The number of amides is 2. The van der Waals surface area contributed by atoms with E-state index in [1.807, 2.05) is 27.8 Å². The zero-order chi connectivity index (χ0) is 16.9. The van der Waals surface area contributed by atoms with Crippen molar-refractivity contribution in [1.82, 2.24) is 15.2 Å². The Morgan fingerprint density at radius 1 is 1.25 bits per heavy atom. The smallest absolute Gasteiger partial charge is 0.225 e. The van der Waals surface area contributed by atoms with E-state index in [-0.39, 0.29) is 17.9 Å². The number of piperazine rings is 1. The third-order valence-electron chi connectivity index (χ3n) is 3.97. The Labute approximate surface area is 149 Å². The van der Waals surface area contributed by atoms with Crippen LogP contribution in [0.25, 0.3) is 0 Å². The molecule has 2 aromatic heterocycles. The number of hydrogen-bond donors (Lipinski definition) is 1. The van der Waals surface area contributed by atoms with Crippen molar-refractivity contribution in [1.29, 1.82) is 0 Å². The van der Waals surface area contributed by atoms with Gasteiger partial charge in [0.05, 0.1) is 12.5 Å². The molecule has 0 saturated carbocycles. The van der Waals surface area contributed by atoms with Crippen molar-refractivity contribution in [2.75, 3.05) is 31.1 Å². The third-order valence-corrected chi connectivity index (χ3v) is 5.78. The number of anilines is 1. The highest BCUT2D eigenvalue weighted by Gasteiger charge is 2.25. The molecule has 2 amide bonds. The van der Waals surface area contributed by atoms with Gasteiger partial charge in [-0.25, -0.2) is 4.98 Å². The van der Waals surface area contributed by atoms with Gasteiger partial charge in [0.1, 0.15) is 0 Å². The standard InChI is InChI=1S/C16H20N4O2S2/c1-12(21)18-13(14-3-2-9-23-14)11-15(22)19-5-7-20(8-6-19)16-17-4-10-24-16/h2-4,9-10,13H,5-8,11H2,1H3,(H,18,21)/t13-/m0/s1. The molecule has 24 heavy (non-hydrogen) atoms. The predicted octanol–water partition coefficient (Wildman–Crippen LogP) is 2.12. The second-order valence-electron chi connectivity index (χ2n) is 5.66. The van der Waals surface area contributed by atoms with Crippen LogP contribution in [0.1, 0.15) is 24.3 Å². The average Bonchev–Trinajstić information content (AvgIpc) is 3.27. The number of thiophene rings is 1.